The largest absolute Gasteiger partial charge is 0.295 e. The van der Waals surface area contributed by atoms with E-state index in [2.05, 4.69) is 10.1 Å². The number of amides is 2. The number of fused-ring (bicyclic) bond motifs is 3. The Bertz CT molecular complexity index is 1410. The second kappa shape index (κ2) is 6.85. The summed E-state index contributed by atoms with van der Waals surface area (Å²) in [6.45, 7) is 1.46. The van der Waals surface area contributed by atoms with Gasteiger partial charge in [-0.2, -0.15) is 5.10 Å². The maximum absolute atomic E-state index is 13.4. The second-order valence-corrected chi connectivity index (χ2v) is 7.71. The molecule has 3 heterocycles. The summed E-state index contributed by atoms with van der Waals surface area (Å²) in [6, 6.07) is 13.5. The van der Waals surface area contributed by atoms with E-state index in [0.717, 1.165) is 10.5 Å². The van der Waals surface area contributed by atoms with Gasteiger partial charge in [0.05, 0.1) is 22.2 Å². The van der Waals surface area contributed by atoms with E-state index in [1.54, 1.807) is 48.1 Å². The van der Waals surface area contributed by atoms with Crippen molar-refractivity contribution >= 4 is 45.9 Å². The molecule has 0 saturated carbocycles. The first-order valence-electron chi connectivity index (χ1n) is 9.48. The molecule has 4 aromatic rings. The molecule has 1 aliphatic heterocycles. The number of nitrogens with zero attached hydrogens (tertiary/aromatic N) is 4. The van der Waals surface area contributed by atoms with Crippen LogP contribution in [0.25, 0.3) is 22.3 Å². The summed E-state index contributed by atoms with van der Waals surface area (Å²) in [7, 11) is 1.74. The van der Waals surface area contributed by atoms with Crippen molar-refractivity contribution in [1.82, 2.24) is 14.8 Å². The van der Waals surface area contributed by atoms with Crippen LogP contribution in [0.15, 0.2) is 54.7 Å². The molecule has 0 saturated heterocycles. The molecule has 1 aliphatic rings. The fourth-order valence-corrected chi connectivity index (χ4v) is 3.94. The number of carbonyl (C=O) groups is 3. The van der Waals surface area contributed by atoms with Gasteiger partial charge >= 0.3 is 0 Å². The fraction of sp³-hybridized carbons (Fsp3) is 0.0870. The van der Waals surface area contributed by atoms with Gasteiger partial charge in [-0.3, -0.25) is 14.4 Å². The third-order valence-electron chi connectivity index (χ3n) is 5.35. The van der Waals surface area contributed by atoms with Crippen LogP contribution < -0.4 is 4.90 Å². The minimum absolute atomic E-state index is 0.0946. The van der Waals surface area contributed by atoms with Crippen LogP contribution in [0.2, 0.25) is 5.02 Å². The fourth-order valence-electron chi connectivity index (χ4n) is 3.82. The molecule has 0 unspecified atom stereocenters. The predicted octanol–water partition coefficient (Wildman–Crippen LogP) is 4.29. The van der Waals surface area contributed by atoms with Crippen LogP contribution in [-0.2, 0) is 7.05 Å². The molecular formula is C23H15ClN4O3. The van der Waals surface area contributed by atoms with Crippen LogP contribution in [-0.4, -0.2) is 32.4 Å². The summed E-state index contributed by atoms with van der Waals surface area (Å²) in [5.74, 6) is -1.01. The zero-order valence-corrected chi connectivity index (χ0v) is 17.3. The van der Waals surface area contributed by atoms with Gasteiger partial charge in [0.25, 0.3) is 11.8 Å². The van der Waals surface area contributed by atoms with Gasteiger partial charge in [0.2, 0.25) is 0 Å². The number of benzene rings is 2. The highest BCUT2D eigenvalue weighted by atomic mass is 35.5. The van der Waals surface area contributed by atoms with Crippen LogP contribution in [0.4, 0.5) is 5.69 Å². The van der Waals surface area contributed by atoms with Crippen LogP contribution in [0.1, 0.15) is 38.0 Å². The van der Waals surface area contributed by atoms with Gasteiger partial charge in [-0.25, -0.2) is 14.6 Å². The molecular weight excluding hydrogens is 416 g/mol. The van der Waals surface area contributed by atoms with Crippen molar-refractivity contribution in [1.29, 1.82) is 0 Å². The van der Waals surface area contributed by atoms with Crippen molar-refractivity contribution in [3.63, 3.8) is 0 Å². The van der Waals surface area contributed by atoms with E-state index in [0.29, 0.717) is 33.0 Å². The van der Waals surface area contributed by atoms with E-state index in [9.17, 15) is 14.4 Å². The van der Waals surface area contributed by atoms with Crippen LogP contribution in [0, 0.1) is 0 Å². The highest BCUT2D eigenvalue weighted by Gasteiger charge is 2.40. The summed E-state index contributed by atoms with van der Waals surface area (Å²) in [5.41, 5.74) is 3.19. The lowest BCUT2D eigenvalue weighted by Gasteiger charge is -2.14. The van der Waals surface area contributed by atoms with Crippen LogP contribution >= 0.6 is 11.6 Å². The van der Waals surface area contributed by atoms with Gasteiger partial charge in [0.15, 0.2) is 11.4 Å². The first kappa shape index (κ1) is 19.1. The number of ketones is 1. The van der Waals surface area contributed by atoms with Gasteiger partial charge in [-0.05, 0) is 43.3 Å². The topological polar surface area (TPSA) is 85.2 Å². The third kappa shape index (κ3) is 2.85. The van der Waals surface area contributed by atoms with Gasteiger partial charge in [-0.1, -0.05) is 23.7 Å². The molecule has 5 rings (SSSR count). The number of carbonyl (C=O) groups excluding carboxylic acids is 3. The van der Waals surface area contributed by atoms with E-state index in [4.69, 9.17) is 11.6 Å². The smallest absolute Gasteiger partial charge is 0.267 e. The summed E-state index contributed by atoms with van der Waals surface area (Å²) >= 11 is 6.01. The van der Waals surface area contributed by atoms with Crippen LogP contribution in [0.3, 0.4) is 0 Å². The number of hydrogen-bond acceptors (Lipinski definition) is 5. The monoisotopic (exact) mass is 430 g/mol. The van der Waals surface area contributed by atoms with Crippen molar-refractivity contribution in [2.24, 2.45) is 7.05 Å². The SMILES string of the molecule is CC(=O)c1ccc(N2C(=O)c3cnc4c(c(-c5ccc(Cl)cc5)nn4C)c3C2=O)cc1. The van der Waals surface area contributed by atoms with Gasteiger partial charge < -0.3 is 0 Å². The lowest BCUT2D eigenvalue weighted by atomic mass is 10.0. The lowest BCUT2D eigenvalue weighted by Crippen LogP contribution is -2.29. The average Bonchev–Trinajstić information content (AvgIpc) is 3.23. The van der Waals surface area contributed by atoms with E-state index in [-0.39, 0.29) is 16.9 Å². The van der Waals surface area contributed by atoms with E-state index in [1.165, 1.54) is 13.1 Å². The van der Waals surface area contributed by atoms with Gasteiger partial charge in [0, 0.05) is 29.4 Å². The minimum Gasteiger partial charge on any atom is -0.295 e. The molecule has 0 radical (unpaired) electrons. The normalized spacial score (nSPS) is 13.2. The number of imide groups is 1. The Balaban J connectivity index is 1.70. The zero-order chi connectivity index (χ0) is 21.9. The molecule has 0 N–H and O–H groups in total. The maximum atomic E-state index is 13.4. The number of anilines is 1. The Morgan fingerprint density at radius 1 is 0.968 bits per heavy atom. The predicted molar refractivity (Wildman–Crippen MR) is 117 cm³/mol. The van der Waals surface area contributed by atoms with E-state index >= 15 is 0 Å². The lowest BCUT2D eigenvalue weighted by molar-refractivity contribution is 0.0925. The molecule has 31 heavy (non-hydrogen) atoms. The van der Waals surface area contributed by atoms with Crippen molar-refractivity contribution in [2.45, 2.75) is 6.92 Å². The van der Waals surface area contributed by atoms with Crippen molar-refractivity contribution in [2.75, 3.05) is 4.90 Å². The Morgan fingerprint density at radius 2 is 1.65 bits per heavy atom. The second-order valence-electron chi connectivity index (χ2n) is 7.27. The van der Waals surface area contributed by atoms with E-state index < -0.39 is 11.8 Å². The maximum Gasteiger partial charge on any atom is 0.267 e. The Morgan fingerprint density at radius 3 is 2.29 bits per heavy atom. The van der Waals surface area contributed by atoms with Crippen molar-refractivity contribution in [3.8, 4) is 11.3 Å². The standard InChI is InChI=1S/C23H15ClN4O3/c1-12(29)13-5-9-16(10-6-13)28-22(30)17-11-25-21-19(18(17)23(28)31)20(26-27(21)2)14-3-7-15(24)8-4-14/h3-11H,1-2H3. The number of halogens is 1. The average molecular weight is 431 g/mol. The number of hydrogen-bond donors (Lipinski definition) is 0. The van der Waals surface area contributed by atoms with Gasteiger partial charge in [-0.15, -0.1) is 0 Å². The highest BCUT2D eigenvalue weighted by Crippen LogP contribution is 2.37. The summed E-state index contributed by atoms with van der Waals surface area (Å²) in [4.78, 5) is 43.6. The van der Waals surface area contributed by atoms with E-state index in [1.807, 2.05) is 12.1 Å². The molecule has 2 amide bonds. The quantitative estimate of drug-likeness (QED) is 0.357. The molecule has 0 aliphatic carbocycles. The van der Waals surface area contributed by atoms with Gasteiger partial charge in [0.1, 0.15) is 5.69 Å². The summed E-state index contributed by atoms with van der Waals surface area (Å²) in [6.07, 6.45) is 1.41. The molecule has 152 valence electrons. The highest BCUT2D eigenvalue weighted by molar-refractivity contribution is 6.38. The number of aryl methyl sites for hydroxylation is 1. The molecule has 0 spiro atoms. The molecule has 0 atom stereocenters. The Kier molecular flexibility index (Phi) is 4.23. The number of Topliss-reactive ketones (excluding diaryl/α,β-unsaturated/α-hetero) is 1. The summed E-state index contributed by atoms with van der Waals surface area (Å²) < 4.78 is 1.58. The Hall–Kier alpha value is -3.84. The van der Waals surface area contributed by atoms with Crippen LogP contribution in [0.5, 0.6) is 0 Å². The summed E-state index contributed by atoms with van der Waals surface area (Å²) in [5, 5.41) is 5.65. The van der Waals surface area contributed by atoms with Crippen molar-refractivity contribution < 1.29 is 14.4 Å². The minimum atomic E-state index is -0.462. The molecule has 0 bridgehead atoms. The number of rotatable bonds is 3. The Labute approximate surface area is 181 Å². The molecule has 2 aromatic carbocycles. The molecule has 8 heteroatoms. The molecule has 0 fully saturated rings. The third-order valence-corrected chi connectivity index (χ3v) is 5.60. The van der Waals surface area contributed by atoms with Crippen molar-refractivity contribution in [3.05, 3.63) is 76.4 Å². The first-order chi connectivity index (χ1) is 14.9. The molecule has 2 aromatic heterocycles. The first-order valence-corrected chi connectivity index (χ1v) is 9.86. The molecule has 7 nitrogen and oxygen atoms in total. The zero-order valence-electron chi connectivity index (χ0n) is 16.6. The number of pyridine rings is 1. The number of aromatic nitrogens is 3.